The highest BCUT2D eigenvalue weighted by Crippen LogP contribution is 2.33. The summed E-state index contributed by atoms with van der Waals surface area (Å²) in [5, 5.41) is 14.7. The average Bonchev–Trinajstić information content (AvgIpc) is 2.61. The Morgan fingerprint density at radius 2 is 2.12 bits per heavy atom. The van der Waals surface area contributed by atoms with Crippen molar-refractivity contribution in [1.29, 1.82) is 0 Å². The fraction of sp³-hybridized carbons (Fsp3) is 0.176. The molecule has 3 rings (SSSR count). The first-order valence-electron chi connectivity index (χ1n) is 7.36. The molecule has 7 heteroatoms. The van der Waals surface area contributed by atoms with Crippen molar-refractivity contribution < 1.29 is 19.5 Å². The lowest BCUT2D eigenvalue weighted by molar-refractivity contribution is 0.155. The number of likely N-dealkylation sites (N-methyl/N-ethyl adjacent to an activating group) is 1. The number of rotatable bonds is 3. The molecule has 2 N–H and O–H groups in total. The molecule has 1 heterocycles. The molecule has 0 aromatic heterocycles. The molecule has 0 spiro atoms. The zero-order valence-corrected chi connectivity index (χ0v) is 13.1. The van der Waals surface area contributed by atoms with Gasteiger partial charge in [-0.15, -0.1) is 0 Å². The van der Waals surface area contributed by atoms with Gasteiger partial charge >= 0.3 is 6.09 Å². The summed E-state index contributed by atoms with van der Waals surface area (Å²) < 4.78 is 10.7. The Morgan fingerprint density at radius 3 is 2.88 bits per heavy atom. The van der Waals surface area contributed by atoms with E-state index in [1.807, 2.05) is 30.3 Å². The number of carbonyl (C=O) groups is 1. The van der Waals surface area contributed by atoms with Crippen LogP contribution in [0.3, 0.4) is 0 Å². The molecule has 0 bridgehead atoms. The van der Waals surface area contributed by atoms with Crippen molar-refractivity contribution in [1.82, 2.24) is 0 Å². The lowest BCUT2D eigenvalue weighted by Crippen LogP contribution is -2.35. The van der Waals surface area contributed by atoms with Crippen LogP contribution in [0.2, 0.25) is 0 Å². The molecule has 0 fully saturated rings. The quantitative estimate of drug-likeness (QED) is 0.669. The summed E-state index contributed by atoms with van der Waals surface area (Å²) in [4.78, 5) is 13.6. The Hall–Kier alpha value is -3.22. The van der Waals surface area contributed by atoms with Crippen LogP contribution in [0.5, 0.6) is 5.75 Å². The molecule has 1 aliphatic heterocycles. The van der Waals surface area contributed by atoms with Crippen molar-refractivity contribution in [3.8, 4) is 5.75 Å². The molecule has 7 nitrogen and oxygen atoms in total. The minimum absolute atomic E-state index is 0.155. The van der Waals surface area contributed by atoms with Crippen LogP contribution < -0.4 is 15.0 Å². The van der Waals surface area contributed by atoms with Crippen LogP contribution in [0, 0.1) is 0 Å². The average molecular weight is 327 g/mol. The zero-order valence-electron chi connectivity index (χ0n) is 13.1. The zero-order chi connectivity index (χ0) is 16.9. The number of hydrogen-bond donors (Lipinski definition) is 2. The van der Waals surface area contributed by atoms with Crippen LogP contribution in [0.1, 0.15) is 5.56 Å². The van der Waals surface area contributed by atoms with Gasteiger partial charge in [0.2, 0.25) is 0 Å². The predicted molar refractivity (Wildman–Crippen MR) is 89.8 cm³/mol. The fourth-order valence-corrected chi connectivity index (χ4v) is 2.34. The Bertz CT molecular complexity index is 762. The van der Waals surface area contributed by atoms with E-state index in [0.717, 1.165) is 11.3 Å². The molecule has 0 saturated carbocycles. The van der Waals surface area contributed by atoms with E-state index in [-0.39, 0.29) is 13.2 Å². The highest BCUT2D eigenvalue weighted by Gasteiger charge is 2.21. The third kappa shape index (κ3) is 3.40. The van der Waals surface area contributed by atoms with E-state index < -0.39 is 6.09 Å². The SMILES string of the molecule is CN1C(=NO)COc2cc(NC(=O)OCc3ccccc3)ccc21. The first kappa shape index (κ1) is 15.7. The molecule has 0 atom stereocenters. The summed E-state index contributed by atoms with van der Waals surface area (Å²) in [6.45, 7) is 0.356. The summed E-state index contributed by atoms with van der Waals surface area (Å²) in [5.41, 5.74) is 2.22. The van der Waals surface area contributed by atoms with Crippen LogP contribution in [-0.4, -0.2) is 30.8 Å². The number of amides is 1. The number of carbonyl (C=O) groups excluding carboxylic acids is 1. The van der Waals surface area contributed by atoms with Gasteiger partial charge in [0.15, 0.2) is 5.84 Å². The third-order valence-corrected chi connectivity index (χ3v) is 3.64. The summed E-state index contributed by atoms with van der Waals surface area (Å²) in [7, 11) is 1.78. The molecule has 124 valence electrons. The standard InChI is InChI=1S/C17H17N3O4/c1-20-14-8-7-13(9-15(14)23-11-16(20)19-22)18-17(21)24-10-12-5-3-2-4-6-12/h2-9,22H,10-11H2,1H3,(H,18,21). The predicted octanol–water partition coefficient (Wildman–Crippen LogP) is 3.05. The molecule has 0 aliphatic carbocycles. The molecular formula is C17H17N3O4. The van der Waals surface area contributed by atoms with Gasteiger partial charge in [0.05, 0.1) is 5.69 Å². The van der Waals surface area contributed by atoms with Crippen molar-refractivity contribution in [2.45, 2.75) is 6.61 Å². The third-order valence-electron chi connectivity index (χ3n) is 3.64. The highest BCUT2D eigenvalue weighted by molar-refractivity contribution is 6.01. The van der Waals surface area contributed by atoms with E-state index in [2.05, 4.69) is 10.5 Å². The lowest BCUT2D eigenvalue weighted by atomic mass is 10.2. The Morgan fingerprint density at radius 1 is 1.33 bits per heavy atom. The molecule has 1 amide bonds. The van der Waals surface area contributed by atoms with Crippen molar-refractivity contribution in [2.75, 3.05) is 23.9 Å². The normalized spacial score (nSPS) is 14.7. The van der Waals surface area contributed by atoms with Gasteiger partial charge in [0, 0.05) is 18.8 Å². The second kappa shape index (κ2) is 6.91. The van der Waals surface area contributed by atoms with E-state index in [9.17, 15) is 4.79 Å². The highest BCUT2D eigenvalue weighted by atomic mass is 16.5. The largest absolute Gasteiger partial charge is 0.483 e. The van der Waals surface area contributed by atoms with Gasteiger partial charge in [-0.3, -0.25) is 5.32 Å². The maximum Gasteiger partial charge on any atom is 0.411 e. The topological polar surface area (TPSA) is 83.4 Å². The van der Waals surface area contributed by atoms with Crippen LogP contribution in [0.25, 0.3) is 0 Å². The van der Waals surface area contributed by atoms with Gasteiger partial charge in [0.1, 0.15) is 19.0 Å². The second-order valence-corrected chi connectivity index (χ2v) is 5.23. The van der Waals surface area contributed by atoms with E-state index >= 15 is 0 Å². The first-order valence-corrected chi connectivity index (χ1v) is 7.36. The van der Waals surface area contributed by atoms with Crippen LogP contribution in [-0.2, 0) is 11.3 Å². The molecule has 1 aliphatic rings. The van der Waals surface area contributed by atoms with Crippen molar-refractivity contribution in [3.63, 3.8) is 0 Å². The molecule has 2 aromatic carbocycles. The number of ether oxygens (including phenoxy) is 2. The fourth-order valence-electron chi connectivity index (χ4n) is 2.34. The summed E-state index contributed by atoms with van der Waals surface area (Å²) in [5.74, 6) is 0.997. The van der Waals surface area contributed by atoms with Crippen molar-refractivity contribution >= 4 is 23.3 Å². The maximum absolute atomic E-state index is 11.9. The van der Waals surface area contributed by atoms with Crippen LogP contribution >= 0.6 is 0 Å². The van der Waals surface area contributed by atoms with E-state index in [1.165, 1.54) is 0 Å². The van der Waals surface area contributed by atoms with Crippen LogP contribution in [0.4, 0.5) is 16.2 Å². The van der Waals surface area contributed by atoms with Crippen molar-refractivity contribution in [3.05, 3.63) is 54.1 Å². The molecule has 0 unspecified atom stereocenters. The van der Waals surface area contributed by atoms with Crippen molar-refractivity contribution in [2.24, 2.45) is 5.16 Å². The van der Waals surface area contributed by atoms with Gasteiger partial charge in [-0.25, -0.2) is 4.79 Å². The number of benzene rings is 2. The van der Waals surface area contributed by atoms with E-state index in [0.29, 0.717) is 17.3 Å². The maximum atomic E-state index is 11.9. The molecular weight excluding hydrogens is 310 g/mol. The van der Waals surface area contributed by atoms with Gasteiger partial charge in [-0.05, 0) is 17.7 Å². The number of hydrogen-bond acceptors (Lipinski definition) is 5. The second-order valence-electron chi connectivity index (χ2n) is 5.23. The number of nitrogens with one attached hydrogen (secondary N) is 1. The Labute approximate surface area is 139 Å². The number of amidine groups is 1. The van der Waals surface area contributed by atoms with E-state index in [1.54, 1.807) is 30.1 Å². The van der Waals surface area contributed by atoms with Gasteiger partial charge in [-0.2, -0.15) is 0 Å². The molecule has 24 heavy (non-hydrogen) atoms. The van der Waals surface area contributed by atoms with Gasteiger partial charge in [0.25, 0.3) is 0 Å². The lowest BCUT2D eigenvalue weighted by Gasteiger charge is -2.28. The smallest absolute Gasteiger partial charge is 0.411 e. The monoisotopic (exact) mass is 327 g/mol. The van der Waals surface area contributed by atoms with Gasteiger partial charge in [-0.1, -0.05) is 35.5 Å². The number of oxime groups is 1. The minimum Gasteiger partial charge on any atom is -0.483 e. The van der Waals surface area contributed by atoms with Gasteiger partial charge < -0.3 is 19.6 Å². The van der Waals surface area contributed by atoms with E-state index in [4.69, 9.17) is 14.7 Å². The Kier molecular flexibility index (Phi) is 4.51. The molecule has 0 saturated heterocycles. The minimum atomic E-state index is -0.541. The molecule has 2 aromatic rings. The number of nitrogens with zero attached hydrogens (tertiary/aromatic N) is 2. The number of fused-ring (bicyclic) bond motifs is 1. The number of anilines is 2. The summed E-state index contributed by atoms with van der Waals surface area (Å²) in [6, 6.07) is 14.6. The molecule has 0 radical (unpaired) electrons. The summed E-state index contributed by atoms with van der Waals surface area (Å²) >= 11 is 0. The van der Waals surface area contributed by atoms with Crippen LogP contribution in [0.15, 0.2) is 53.7 Å². The summed E-state index contributed by atoms with van der Waals surface area (Å²) in [6.07, 6.45) is -0.541. The first-order chi connectivity index (χ1) is 11.7. The Balaban J connectivity index is 1.63.